The molecule has 2 saturated heterocycles. The minimum absolute atomic E-state index is 0.0449. The van der Waals surface area contributed by atoms with Crippen molar-refractivity contribution in [2.75, 3.05) is 54.6 Å². The average Bonchev–Trinajstić information content (AvgIpc) is 2.59. The van der Waals surface area contributed by atoms with Crippen LogP contribution in [0.5, 0.6) is 0 Å². The van der Waals surface area contributed by atoms with Crippen molar-refractivity contribution in [1.29, 1.82) is 0 Å². The molecule has 1 aromatic rings. The Morgan fingerprint density at radius 2 is 2.21 bits per heavy atom. The summed E-state index contributed by atoms with van der Waals surface area (Å²) in [5.41, 5.74) is 1.47. The molecule has 3 fully saturated rings. The van der Waals surface area contributed by atoms with Crippen molar-refractivity contribution >= 4 is 35.5 Å². The molecule has 2 amide bonds. The van der Waals surface area contributed by atoms with E-state index in [1.165, 1.54) is 11.0 Å². The summed E-state index contributed by atoms with van der Waals surface area (Å²) < 4.78 is 20.1. The number of ether oxygens (including phenoxy) is 1. The molecule has 1 saturated carbocycles. The van der Waals surface area contributed by atoms with Gasteiger partial charge in [-0.05, 0) is 31.0 Å². The van der Waals surface area contributed by atoms with Crippen LogP contribution in [0.1, 0.15) is 19.3 Å². The van der Waals surface area contributed by atoms with Gasteiger partial charge in [0.05, 0.1) is 18.3 Å². The number of hydrogen-bond donors (Lipinski definition) is 1. The Hall–Kier alpha value is -1.80. The lowest BCUT2D eigenvalue weighted by Gasteiger charge is -2.56. The van der Waals surface area contributed by atoms with E-state index in [1.54, 1.807) is 19.2 Å². The van der Waals surface area contributed by atoms with Crippen LogP contribution in [-0.4, -0.2) is 63.2 Å². The van der Waals surface area contributed by atoms with Crippen LogP contribution in [0.3, 0.4) is 0 Å². The molecule has 29 heavy (non-hydrogen) atoms. The molecule has 1 aromatic carbocycles. The summed E-state index contributed by atoms with van der Waals surface area (Å²) in [5.74, 6) is 2.16. The first kappa shape index (κ1) is 20.5. The number of thioether (sulfide) groups is 1. The summed E-state index contributed by atoms with van der Waals surface area (Å²) >= 11 is 1.95. The van der Waals surface area contributed by atoms with Crippen molar-refractivity contribution in [3.8, 4) is 0 Å². The summed E-state index contributed by atoms with van der Waals surface area (Å²) in [7, 11) is 1.55. The molecule has 0 aromatic heterocycles. The van der Waals surface area contributed by atoms with Crippen molar-refractivity contribution in [2.24, 2.45) is 11.3 Å². The van der Waals surface area contributed by atoms with E-state index >= 15 is 0 Å². The predicted molar refractivity (Wildman–Crippen MR) is 113 cm³/mol. The topological polar surface area (TPSA) is 61.9 Å². The smallest absolute Gasteiger partial charge is 0.223 e. The molecule has 2 heterocycles. The molecule has 2 aliphatic heterocycles. The Morgan fingerprint density at radius 1 is 1.45 bits per heavy atom. The van der Waals surface area contributed by atoms with Crippen LogP contribution in [0.2, 0.25) is 0 Å². The maximum absolute atomic E-state index is 14.7. The third-order valence-electron chi connectivity index (χ3n) is 6.31. The second-order valence-corrected chi connectivity index (χ2v) is 9.46. The van der Waals surface area contributed by atoms with Crippen LogP contribution in [0.15, 0.2) is 18.2 Å². The van der Waals surface area contributed by atoms with Gasteiger partial charge in [0.15, 0.2) is 0 Å². The number of halogens is 1. The van der Waals surface area contributed by atoms with E-state index < -0.39 is 0 Å². The molecule has 158 valence electrons. The monoisotopic (exact) mass is 421 g/mol. The molecule has 6 nitrogen and oxygen atoms in total. The Bertz CT molecular complexity index is 762. The first-order valence-electron chi connectivity index (χ1n) is 10.2. The Kier molecular flexibility index (Phi) is 6.01. The van der Waals surface area contributed by atoms with Crippen LogP contribution >= 0.6 is 11.8 Å². The van der Waals surface area contributed by atoms with Crippen molar-refractivity contribution in [3.05, 3.63) is 24.0 Å². The van der Waals surface area contributed by atoms with Gasteiger partial charge in [-0.3, -0.25) is 9.59 Å². The zero-order valence-corrected chi connectivity index (χ0v) is 17.5. The Morgan fingerprint density at radius 3 is 2.72 bits per heavy atom. The average molecular weight is 422 g/mol. The third kappa shape index (κ3) is 4.23. The van der Waals surface area contributed by atoms with Crippen LogP contribution in [0, 0.1) is 17.2 Å². The largest absolute Gasteiger partial charge is 0.378 e. The number of anilines is 2. The Balaban J connectivity index is 1.34. The van der Waals surface area contributed by atoms with Crippen molar-refractivity contribution < 1.29 is 18.7 Å². The second kappa shape index (κ2) is 8.52. The fourth-order valence-electron chi connectivity index (χ4n) is 4.12. The van der Waals surface area contributed by atoms with Gasteiger partial charge in [-0.2, -0.15) is 11.8 Å². The van der Waals surface area contributed by atoms with E-state index in [0.717, 1.165) is 43.9 Å². The van der Waals surface area contributed by atoms with E-state index in [2.05, 4.69) is 10.2 Å². The molecular weight excluding hydrogens is 393 g/mol. The maximum Gasteiger partial charge on any atom is 0.223 e. The normalized spacial score (nSPS) is 21.0. The molecule has 3 aliphatic rings. The van der Waals surface area contributed by atoms with E-state index in [-0.39, 0.29) is 30.3 Å². The van der Waals surface area contributed by atoms with Crippen molar-refractivity contribution in [2.45, 2.75) is 25.4 Å². The molecule has 1 atom stereocenters. The van der Waals surface area contributed by atoms with E-state index in [1.807, 2.05) is 11.8 Å². The summed E-state index contributed by atoms with van der Waals surface area (Å²) in [6.07, 6.45) is 3.29. The summed E-state index contributed by atoms with van der Waals surface area (Å²) in [6, 6.07) is 4.93. The highest BCUT2D eigenvalue weighted by atomic mass is 32.2. The molecule has 0 radical (unpaired) electrons. The molecule has 1 N–H and O–H groups in total. The fourth-order valence-corrected chi connectivity index (χ4v) is 5.26. The zero-order chi connectivity index (χ0) is 20.4. The highest BCUT2D eigenvalue weighted by Gasteiger charge is 2.48. The van der Waals surface area contributed by atoms with Gasteiger partial charge in [-0.1, -0.05) is 6.42 Å². The lowest BCUT2D eigenvalue weighted by molar-refractivity contribution is -0.127. The van der Waals surface area contributed by atoms with Gasteiger partial charge < -0.3 is 19.9 Å². The van der Waals surface area contributed by atoms with Crippen LogP contribution in [0.25, 0.3) is 0 Å². The number of carbonyl (C=O) groups is 2. The molecule has 1 unspecified atom stereocenters. The minimum atomic E-state index is -0.363. The highest BCUT2D eigenvalue weighted by molar-refractivity contribution is 8.00. The first-order valence-corrected chi connectivity index (χ1v) is 11.3. The number of methoxy groups -OCH3 is 1. The lowest BCUT2D eigenvalue weighted by atomic mass is 9.82. The standard InChI is InChI=1S/C21H28FN3O3S/c1-28-17(8-23-20(27)15-3-2-4-15)9-24(14-26)16-5-6-19(18(22)7-16)25-10-21(11-25)12-29-13-21/h5-7,14-15,17H,2-4,8-13H2,1H3,(H,23,27). The van der Waals surface area contributed by atoms with Crippen molar-refractivity contribution in [1.82, 2.24) is 5.32 Å². The van der Waals surface area contributed by atoms with E-state index in [4.69, 9.17) is 4.74 Å². The van der Waals surface area contributed by atoms with Gasteiger partial charge in [-0.15, -0.1) is 0 Å². The number of nitrogens with one attached hydrogen (secondary N) is 1. The number of nitrogens with zero attached hydrogens (tertiary/aromatic N) is 2. The number of hydrogen-bond acceptors (Lipinski definition) is 5. The SMILES string of the molecule is COC(CNC(=O)C1CCC1)CN(C=O)c1ccc(N2CC3(CSC3)C2)c(F)c1. The fraction of sp³-hybridized carbons (Fsp3) is 0.619. The van der Waals surface area contributed by atoms with Crippen LogP contribution in [0.4, 0.5) is 15.8 Å². The lowest BCUT2D eigenvalue weighted by Crippen LogP contribution is -2.63. The van der Waals surface area contributed by atoms with Gasteiger partial charge in [0.1, 0.15) is 5.82 Å². The van der Waals surface area contributed by atoms with Gasteiger partial charge in [0.2, 0.25) is 12.3 Å². The van der Waals surface area contributed by atoms with E-state index in [0.29, 0.717) is 29.7 Å². The number of amides is 2. The minimum Gasteiger partial charge on any atom is -0.378 e. The molecule has 8 heteroatoms. The van der Waals surface area contributed by atoms with E-state index in [9.17, 15) is 14.0 Å². The van der Waals surface area contributed by atoms with Crippen LogP contribution < -0.4 is 15.1 Å². The molecule has 0 bridgehead atoms. The van der Waals surface area contributed by atoms with Gasteiger partial charge >= 0.3 is 0 Å². The summed E-state index contributed by atoms with van der Waals surface area (Å²) in [4.78, 5) is 27.1. The first-order chi connectivity index (χ1) is 14.0. The highest BCUT2D eigenvalue weighted by Crippen LogP contribution is 2.47. The molecule has 1 aliphatic carbocycles. The zero-order valence-electron chi connectivity index (χ0n) is 16.7. The van der Waals surface area contributed by atoms with Crippen molar-refractivity contribution in [3.63, 3.8) is 0 Å². The molecule has 4 rings (SSSR count). The van der Waals surface area contributed by atoms with Crippen LogP contribution in [-0.2, 0) is 14.3 Å². The summed E-state index contributed by atoms with van der Waals surface area (Å²) in [5, 5.41) is 2.90. The number of rotatable bonds is 9. The predicted octanol–water partition coefficient (Wildman–Crippen LogP) is 2.27. The van der Waals surface area contributed by atoms with Gasteiger partial charge in [0.25, 0.3) is 0 Å². The maximum atomic E-state index is 14.7. The number of carbonyl (C=O) groups excluding carboxylic acids is 2. The molecule has 1 spiro atoms. The van der Waals surface area contributed by atoms with Gasteiger partial charge in [-0.25, -0.2) is 4.39 Å². The second-order valence-electron chi connectivity index (χ2n) is 8.47. The Labute approximate surface area is 175 Å². The summed E-state index contributed by atoms with van der Waals surface area (Å²) in [6.45, 7) is 2.37. The van der Waals surface area contributed by atoms with Gasteiger partial charge in [0, 0.05) is 55.3 Å². The quantitative estimate of drug-likeness (QED) is 0.620. The third-order valence-corrected chi connectivity index (χ3v) is 7.95. The number of benzene rings is 1. The molecular formula is C21H28FN3O3S.